The largest absolute Gasteiger partial charge is 0.369 e. The molecule has 1 rings (SSSR count). The van der Waals surface area contributed by atoms with E-state index in [0.717, 1.165) is 18.9 Å². The molecule has 2 N–H and O–H groups in total. The first kappa shape index (κ1) is 12.3. The summed E-state index contributed by atoms with van der Waals surface area (Å²) in [6.07, 6.45) is 0. The number of nitrogens with zero attached hydrogens (tertiary/aromatic N) is 1. The van der Waals surface area contributed by atoms with Crippen molar-refractivity contribution in [1.29, 1.82) is 0 Å². The van der Waals surface area contributed by atoms with Gasteiger partial charge < -0.3 is 10.6 Å². The molecule has 0 spiro atoms. The average Bonchev–Trinajstić information content (AvgIpc) is 2.11. The zero-order chi connectivity index (χ0) is 11.3. The molecular weight excluding hydrogens is 210 g/mol. The number of aromatic nitrogens is 1. The zero-order valence-corrected chi connectivity index (χ0v) is 10.2. The van der Waals surface area contributed by atoms with Crippen molar-refractivity contribution in [3.63, 3.8) is 0 Å². The van der Waals surface area contributed by atoms with Gasteiger partial charge in [-0.1, -0.05) is 17.7 Å². The number of rotatable bonds is 4. The fourth-order valence-electron chi connectivity index (χ4n) is 1.13. The predicted molar refractivity (Wildman–Crippen MR) is 65.5 cm³/mol. The molecule has 1 aromatic rings. The molecular formula is C11H18ClN3. The maximum absolute atomic E-state index is 5.76. The van der Waals surface area contributed by atoms with Crippen LogP contribution in [-0.2, 0) is 0 Å². The maximum Gasteiger partial charge on any atom is 0.131 e. The Labute approximate surface area is 96.2 Å². The van der Waals surface area contributed by atoms with E-state index >= 15 is 0 Å². The van der Waals surface area contributed by atoms with Crippen molar-refractivity contribution in [3.05, 3.63) is 23.4 Å². The van der Waals surface area contributed by atoms with E-state index in [1.54, 1.807) is 6.07 Å². The molecule has 0 saturated heterocycles. The number of hydrogen-bond donors (Lipinski definition) is 2. The lowest BCUT2D eigenvalue weighted by molar-refractivity contribution is 0.435. The molecule has 0 aromatic carbocycles. The molecule has 0 radical (unpaired) electrons. The Balaban J connectivity index is 2.26. The Bertz CT molecular complexity index is 307. The summed E-state index contributed by atoms with van der Waals surface area (Å²) >= 11 is 5.76. The van der Waals surface area contributed by atoms with E-state index < -0.39 is 0 Å². The number of halogens is 1. The van der Waals surface area contributed by atoms with Gasteiger partial charge in [-0.3, -0.25) is 0 Å². The number of anilines is 1. The molecule has 0 atom stereocenters. The molecule has 0 bridgehead atoms. The molecule has 84 valence electrons. The normalized spacial score (nSPS) is 11.5. The van der Waals surface area contributed by atoms with Crippen LogP contribution in [0.25, 0.3) is 0 Å². The lowest BCUT2D eigenvalue weighted by Gasteiger charge is -2.20. The third-order valence-electron chi connectivity index (χ3n) is 1.80. The smallest absolute Gasteiger partial charge is 0.131 e. The molecule has 3 nitrogen and oxygen atoms in total. The summed E-state index contributed by atoms with van der Waals surface area (Å²) in [5.74, 6) is 0.818. The Morgan fingerprint density at radius 1 is 1.27 bits per heavy atom. The van der Waals surface area contributed by atoms with Gasteiger partial charge in [0.1, 0.15) is 11.0 Å². The molecule has 0 aliphatic carbocycles. The molecule has 1 aromatic heterocycles. The van der Waals surface area contributed by atoms with Gasteiger partial charge in [0, 0.05) is 18.6 Å². The highest BCUT2D eigenvalue weighted by molar-refractivity contribution is 6.29. The van der Waals surface area contributed by atoms with Crippen LogP contribution in [0.1, 0.15) is 20.8 Å². The van der Waals surface area contributed by atoms with Gasteiger partial charge in [0.15, 0.2) is 0 Å². The molecule has 0 fully saturated rings. The maximum atomic E-state index is 5.76. The number of nitrogens with one attached hydrogen (secondary N) is 2. The highest BCUT2D eigenvalue weighted by atomic mass is 35.5. The summed E-state index contributed by atoms with van der Waals surface area (Å²) in [4.78, 5) is 4.13. The van der Waals surface area contributed by atoms with E-state index in [2.05, 4.69) is 36.4 Å². The summed E-state index contributed by atoms with van der Waals surface area (Å²) in [6.45, 7) is 8.17. The van der Waals surface area contributed by atoms with Gasteiger partial charge in [-0.25, -0.2) is 4.98 Å². The van der Waals surface area contributed by atoms with Gasteiger partial charge in [-0.2, -0.15) is 0 Å². The second-order valence-electron chi connectivity index (χ2n) is 4.45. The van der Waals surface area contributed by atoms with Crippen LogP contribution < -0.4 is 10.6 Å². The highest BCUT2D eigenvalue weighted by Gasteiger charge is 2.06. The van der Waals surface area contributed by atoms with Crippen molar-refractivity contribution in [2.24, 2.45) is 0 Å². The van der Waals surface area contributed by atoms with E-state index in [4.69, 9.17) is 11.6 Å². The van der Waals surface area contributed by atoms with Crippen LogP contribution >= 0.6 is 11.6 Å². The van der Waals surface area contributed by atoms with Crippen molar-refractivity contribution >= 4 is 17.4 Å². The van der Waals surface area contributed by atoms with Crippen LogP contribution in [0.15, 0.2) is 18.2 Å². The van der Waals surface area contributed by atoms with Crippen LogP contribution in [-0.4, -0.2) is 23.6 Å². The fraction of sp³-hybridized carbons (Fsp3) is 0.545. The first-order valence-corrected chi connectivity index (χ1v) is 5.47. The topological polar surface area (TPSA) is 37.0 Å². The molecule has 1 heterocycles. The Kier molecular flexibility index (Phi) is 4.36. The van der Waals surface area contributed by atoms with E-state index in [9.17, 15) is 0 Å². The molecule has 0 aliphatic rings. The molecule has 0 unspecified atom stereocenters. The van der Waals surface area contributed by atoms with E-state index in [1.165, 1.54) is 0 Å². The van der Waals surface area contributed by atoms with Crippen molar-refractivity contribution in [1.82, 2.24) is 10.3 Å². The first-order chi connectivity index (χ1) is 6.97. The van der Waals surface area contributed by atoms with E-state index in [0.29, 0.717) is 5.15 Å². The molecule has 0 amide bonds. The lowest BCUT2D eigenvalue weighted by atomic mass is 10.1. The monoisotopic (exact) mass is 227 g/mol. The minimum absolute atomic E-state index is 0.156. The van der Waals surface area contributed by atoms with E-state index in [1.807, 2.05) is 12.1 Å². The van der Waals surface area contributed by atoms with Crippen molar-refractivity contribution in [2.45, 2.75) is 26.3 Å². The number of pyridine rings is 1. The van der Waals surface area contributed by atoms with Crippen molar-refractivity contribution in [2.75, 3.05) is 18.4 Å². The van der Waals surface area contributed by atoms with Crippen LogP contribution in [0, 0.1) is 0 Å². The van der Waals surface area contributed by atoms with Gasteiger partial charge in [-0.15, -0.1) is 0 Å². The van der Waals surface area contributed by atoms with Gasteiger partial charge in [0.05, 0.1) is 0 Å². The second-order valence-corrected chi connectivity index (χ2v) is 4.84. The lowest BCUT2D eigenvalue weighted by Crippen LogP contribution is -2.38. The molecule has 15 heavy (non-hydrogen) atoms. The summed E-state index contributed by atoms with van der Waals surface area (Å²) in [7, 11) is 0. The minimum atomic E-state index is 0.156. The van der Waals surface area contributed by atoms with Crippen molar-refractivity contribution in [3.8, 4) is 0 Å². The average molecular weight is 228 g/mol. The quantitative estimate of drug-likeness (QED) is 0.613. The zero-order valence-electron chi connectivity index (χ0n) is 9.47. The number of hydrogen-bond acceptors (Lipinski definition) is 3. The summed E-state index contributed by atoms with van der Waals surface area (Å²) in [5.41, 5.74) is 0.156. The van der Waals surface area contributed by atoms with E-state index in [-0.39, 0.29) is 5.54 Å². The Morgan fingerprint density at radius 3 is 2.60 bits per heavy atom. The first-order valence-electron chi connectivity index (χ1n) is 5.09. The Hall–Kier alpha value is -0.800. The van der Waals surface area contributed by atoms with Crippen molar-refractivity contribution < 1.29 is 0 Å². The van der Waals surface area contributed by atoms with Gasteiger partial charge in [-0.05, 0) is 32.9 Å². The van der Waals surface area contributed by atoms with Crippen LogP contribution in [0.2, 0.25) is 5.15 Å². The predicted octanol–water partition coefficient (Wildman–Crippen LogP) is 2.54. The molecule has 0 saturated carbocycles. The third kappa shape index (κ3) is 5.60. The van der Waals surface area contributed by atoms with Gasteiger partial charge >= 0.3 is 0 Å². The van der Waals surface area contributed by atoms with Gasteiger partial charge in [0.25, 0.3) is 0 Å². The van der Waals surface area contributed by atoms with Gasteiger partial charge in [0.2, 0.25) is 0 Å². The fourth-order valence-corrected chi connectivity index (χ4v) is 1.30. The Morgan fingerprint density at radius 2 is 2.00 bits per heavy atom. The summed E-state index contributed by atoms with van der Waals surface area (Å²) < 4.78 is 0. The molecule has 0 aliphatic heterocycles. The van der Waals surface area contributed by atoms with Crippen LogP contribution in [0.3, 0.4) is 0 Å². The SMILES string of the molecule is CC(C)(C)NCCNc1cccc(Cl)n1. The van der Waals surface area contributed by atoms with Crippen LogP contribution in [0.4, 0.5) is 5.82 Å². The highest BCUT2D eigenvalue weighted by Crippen LogP contribution is 2.08. The van der Waals surface area contributed by atoms with Crippen LogP contribution in [0.5, 0.6) is 0 Å². The standard InChI is InChI=1S/C11H18ClN3/c1-11(2,3)14-8-7-13-10-6-4-5-9(12)15-10/h4-6,14H,7-8H2,1-3H3,(H,13,15). The second kappa shape index (κ2) is 5.33. The third-order valence-corrected chi connectivity index (χ3v) is 2.01. The molecule has 4 heteroatoms. The summed E-state index contributed by atoms with van der Waals surface area (Å²) in [6, 6.07) is 5.55. The summed E-state index contributed by atoms with van der Waals surface area (Å²) in [5, 5.41) is 7.10. The minimum Gasteiger partial charge on any atom is -0.369 e.